The highest BCUT2D eigenvalue weighted by molar-refractivity contribution is 7.22. The second kappa shape index (κ2) is 7.07. The minimum absolute atomic E-state index is 0.0675. The highest BCUT2D eigenvalue weighted by Crippen LogP contribution is 2.39. The average molecular weight is 360 g/mol. The van der Waals surface area contributed by atoms with Crippen LogP contribution >= 0.6 is 22.7 Å². The molecule has 24 heavy (non-hydrogen) atoms. The van der Waals surface area contributed by atoms with Gasteiger partial charge in [0, 0.05) is 15.3 Å². The van der Waals surface area contributed by atoms with Gasteiger partial charge in [-0.25, -0.2) is 0 Å². The van der Waals surface area contributed by atoms with Crippen LogP contribution in [0.25, 0.3) is 9.75 Å². The zero-order chi connectivity index (χ0) is 17.1. The zero-order valence-corrected chi connectivity index (χ0v) is 15.1. The lowest BCUT2D eigenvalue weighted by atomic mass is 10.1. The van der Waals surface area contributed by atoms with E-state index in [0.717, 1.165) is 9.75 Å². The van der Waals surface area contributed by atoms with Crippen molar-refractivity contribution in [3.05, 3.63) is 52.2 Å². The molecule has 3 aromatic rings. The third-order valence-corrected chi connectivity index (χ3v) is 5.67. The van der Waals surface area contributed by atoms with E-state index in [4.69, 9.17) is 14.2 Å². The molecule has 0 aliphatic rings. The maximum Gasteiger partial charge on any atom is 0.203 e. The summed E-state index contributed by atoms with van der Waals surface area (Å²) in [5, 5.41) is 2.02. The Balaban J connectivity index is 1.98. The lowest BCUT2D eigenvalue weighted by Gasteiger charge is -2.13. The van der Waals surface area contributed by atoms with Gasteiger partial charge in [0.25, 0.3) is 0 Å². The summed E-state index contributed by atoms with van der Waals surface area (Å²) in [6.07, 6.45) is 0. The Hall–Kier alpha value is -2.31. The van der Waals surface area contributed by atoms with Crippen LogP contribution in [0.3, 0.4) is 0 Å². The van der Waals surface area contributed by atoms with E-state index >= 15 is 0 Å². The second-order valence-electron chi connectivity index (χ2n) is 4.88. The van der Waals surface area contributed by atoms with E-state index in [1.165, 1.54) is 32.7 Å². The number of carbonyl (C=O) groups is 1. The summed E-state index contributed by atoms with van der Waals surface area (Å²) in [5.41, 5.74) is 0.504. The number of rotatable bonds is 6. The van der Waals surface area contributed by atoms with E-state index in [-0.39, 0.29) is 5.78 Å². The summed E-state index contributed by atoms with van der Waals surface area (Å²) in [5.74, 6) is 1.34. The largest absolute Gasteiger partial charge is 0.493 e. The third-order valence-electron chi connectivity index (χ3n) is 3.52. The average Bonchev–Trinajstić information content (AvgIpc) is 3.30. The number of ketones is 1. The minimum atomic E-state index is -0.0675. The predicted molar refractivity (Wildman–Crippen MR) is 97.2 cm³/mol. The van der Waals surface area contributed by atoms with Gasteiger partial charge in [0.05, 0.1) is 26.2 Å². The molecule has 0 radical (unpaired) electrons. The van der Waals surface area contributed by atoms with Gasteiger partial charge in [-0.3, -0.25) is 4.79 Å². The highest BCUT2D eigenvalue weighted by atomic mass is 32.1. The molecule has 0 spiro atoms. The van der Waals surface area contributed by atoms with Crippen LogP contribution < -0.4 is 14.2 Å². The molecule has 4 nitrogen and oxygen atoms in total. The molecular formula is C18H16O4S2. The van der Waals surface area contributed by atoms with Crippen molar-refractivity contribution in [2.75, 3.05) is 21.3 Å². The standard InChI is InChI=1S/C18H16O4S2/c1-20-12-9-11(10-13(21-2)18(12)22-3)17(19)16-7-6-15(24-16)14-5-4-8-23-14/h4-10H,1-3H3. The van der Waals surface area contributed by atoms with Crippen molar-refractivity contribution in [2.24, 2.45) is 0 Å². The Bertz CT molecular complexity index is 825. The molecule has 0 fully saturated rings. The fourth-order valence-electron chi connectivity index (χ4n) is 2.37. The Kier molecular flexibility index (Phi) is 4.87. The third kappa shape index (κ3) is 3.02. The lowest BCUT2D eigenvalue weighted by Crippen LogP contribution is -2.02. The first kappa shape index (κ1) is 16.5. The smallest absolute Gasteiger partial charge is 0.203 e. The first-order chi connectivity index (χ1) is 11.7. The first-order valence-corrected chi connectivity index (χ1v) is 8.86. The summed E-state index contributed by atoms with van der Waals surface area (Å²) >= 11 is 3.13. The van der Waals surface area contributed by atoms with Gasteiger partial charge >= 0.3 is 0 Å². The quantitative estimate of drug-likeness (QED) is 0.596. The monoisotopic (exact) mass is 360 g/mol. The van der Waals surface area contributed by atoms with Crippen molar-refractivity contribution in [2.45, 2.75) is 0 Å². The summed E-state index contributed by atoms with van der Waals surface area (Å²) < 4.78 is 15.9. The molecule has 124 valence electrons. The molecule has 0 saturated heterocycles. The first-order valence-electron chi connectivity index (χ1n) is 7.16. The maximum atomic E-state index is 12.8. The fraction of sp³-hybridized carbons (Fsp3) is 0.167. The number of hydrogen-bond acceptors (Lipinski definition) is 6. The fourth-order valence-corrected chi connectivity index (χ4v) is 4.17. The molecule has 6 heteroatoms. The molecular weight excluding hydrogens is 344 g/mol. The van der Waals surface area contributed by atoms with Crippen molar-refractivity contribution < 1.29 is 19.0 Å². The molecule has 0 saturated carbocycles. The Morgan fingerprint density at radius 1 is 0.917 bits per heavy atom. The Labute approximate surface area is 148 Å². The lowest BCUT2D eigenvalue weighted by molar-refractivity contribution is 0.104. The van der Waals surface area contributed by atoms with Gasteiger partial charge in [-0.2, -0.15) is 0 Å². The van der Waals surface area contributed by atoms with E-state index in [2.05, 4.69) is 0 Å². The van der Waals surface area contributed by atoms with Crippen LogP contribution in [-0.2, 0) is 0 Å². The van der Waals surface area contributed by atoms with Gasteiger partial charge in [0.2, 0.25) is 11.5 Å². The van der Waals surface area contributed by atoms with Gasteiger partial charge in [-0.05, 0) is 35.7 Å². The molecule has 0 aliphatic carbocycles. The molecule has 3 rings (SSSR count). The van der Waals surface area contributed by atoms with Crippen molar-refractivity contribution >= 4 is 28.5 Å². The summed E-state index contributed by atoms with van der Waals surface area (Å²) in [6.45, 7) is 0. The van der Waals surface area contributed by atoms with Crippen molar-refractivity contribution in [1.29, 1.82) is 0 Å². The molecule has 0 unspecified atom stereocenters. The molecule has 2 heterocycles. The van der Waals surface area contributed by atoms with Gasteiger partial charge in [0.15, 0.2) is 11.5 Å². The van der Waals surface area contributed by atoms with E-state index in [1.54, 1.807) is 23.5 Å². The van der Waals surface area contributed by atoms with Crippen LogP contribution in [0.2, 0.25) is 0 Å². The molecule has 0 amide bonds. The van der Waals surface area contributed by atoms with Crippen molar-refractivity contribution in [3.63, 3.8) is 0 Å². The second-order valence-corrected chi connectivity index (χ2v) is 6.92. The SMILES string of the molecule is COc1cc(C(=O)c2ccc(-c3cccs3)s2)cc(OC)c1OC. The molecule has 0 atom stereocenters. The van der Waals surface area contributed by atoms with Gasteiger partial charge < -0.3 is 14.2 Å². The van der Waals surface area contributed by atoms with Crippen LogP contribution in [-0.4, -0.2) is 27.1 Å². The molecule has 0 bridgehead atoms. The summed E-state index contributed by atoms with van der Waals surface area (Å²) in [6, 6.07) is 11.2. The number of methoxy groups -OCH3 is 3. The van der Waals surface area contributed by atoms with Crippen LogP contribution in [0.5, 0.6) is 17.2 Å². The number of carbonyl (C=O) groups excluding carboxylic acids is 1. The summed E-state index contributed by atoms with van der Waals surface area (Å²) in [4.78, 5) is 15.7. The van der Waals surface area contributed by atoms with Crippen LogP contribution in [0.15, 0.2) is 41.8 Å². The molecule has 0 N–H and O–H groups in total. The van der Waals surface area contributed by atoms with Gasteiger partial charge in [-0.15, -0.1) is 22.7 Å². The van der Waals surface area contributed by atoms with Crippen LogP contribution in [0.4, 0.5) is 0 Å². The zero-order valence-electron chi connectivity index (χ0n) is 13.5. The van der Waals surface area contributed by atoms with Gasteiger partial charge in [-0.1, -0.05) is 6.07 Å². The van der Waals surface area contributed by atoms with E-state index in [1.807, 2.05) is 29.6 Å². The highest BCUT2D eigenvalue weighted by Gasteiger charge is 2.19. The number of thiophene rings is 2. The van der Waals surface area contributed by atoms with Crippen molar-refractivity contribution in [1.82, 2.24) is 0 Å². The van der Waals surface area contributed by atoms with E-state index < -0.39 is 0 Å². The predicted octanol–water partition coefficient (Wildman–Crippen LogP) is 4.73. The van der Waals surface area contributed by atoms with Crippen LogP contribution in [0.1, 0.15) is 15.2 Å². The van der Waals surface area contributed by atoms with Gasteiger partial charge in [0.1, 0.15) is 0 Å². The topological polar surface area (TPSA) is 44.8 Å². The molecule has 2 aromatic heterocycles. The Morgan fingerprint density at radius 2 is 1.62 bits per heavy atom. The van der Waals surface area contributed by atoms with Crippen molar-refractivity contribution in [3.8, 4) is 27.0 Å². The maximum absolute atomic E-state index is 12.8. The molecule has 1 aromatic carbocycles. The summed E-state index contributed by atoms with van der Waals surface area (Å²) in [7, 11) is 4.60. The number of hydrogen-bond donors (Lipinski definition) is 0. The Morgan fingerprint density at radius 3 is 2.17 bits per heavy atom. The minimum Gasteiger partial charge on any atom is -0.493 e. The van der Waals surface area contributed by atoms with E-state index in [9.17, 15) is 4.79 Å². The number of benzene rings is 1. The van der Waals surface area contributed by atoms with E-state index in [0.29, 0.717) is 27.7 Å². The molecule has 0 aliphatic heterocycles. The normalized spacial score (nSPS) is 10.5. The number of ether oxygens (including phenoxy) is 3. The van der Waals surface area contributed by atoms with Crippen LogP contribution in [0, 0.1) is 0 Å².